The molecule has 0 saturated heterocycles. The maximum atomic E-state index is 12.3. The van der Waals surface area contributed by atoms with E-state index >= 15 is 0 Å². The molecule has 1 aromatic heterocycles. The Balaban J connectivity index is 1.72. The first kappa shape index (κ1) is 20.4. The summed E-state index contributed by atoms with van der Waals surface area (Å²) in [4.78, 5) is 19.8. The van der Waals surface area contributed by atoms with Crippen LogP contribution in [0, 0.1) is 13.8 Å². The molecule has 2 aromatic carbocycles. The highest BCUT2D eigenvalue weighted by Gasteiger charge is 2.18. The summed E-state index contributed by atoms with van der Waals surface area (Å²) in [5.74, 6) is 1.60. The van der Waals surface area contributed by atoms with Crippen LogP contribution in [0.3, 0.4) is 0 Å². The number of hydrogen-bond acceptors (Lipinski definition) is 5. The summed E-state index contributed by atoms with van der Waals surface area (Å²) in [6, 6.07) is 14.1. The van der Waals surface area contributed by atoms with Crippen molar-refractivity contribution >= 4 is 39.8 Å². The van der Waals surface area contributed by atoms with Crippen LogP contribution in [-0.2, 0) is 10.5 Å². The van der Waals surface area contributed by atoms with Crippen molar-refractivity contribution in [3.63, 3.8) is 0 Å². The molecule has 1 heterocycles. The average Bonchev–Trinajstić information content (AvgIpc) is 3.12. The third-order valence-corrected chi connectivity index (χ3v) is 6.24. The Morgan fingerprint density at radius 1 is 1.14 bits per heavy atom. The molecule has 1 amide bonds. The number of carbonyl (C=O) groups is 1. The molecule has 6 heteroatoms. The first-order chi connectivity index (χ1) is 13.5. The standard InChI is InChI=1S/C22H24N2O2S2/c1-5-26-20-8-10-21(11-9-20)27-13-18-14-28-22(23-18)24(17(4)25)19-7-6-15(2)16(3)12-19/h6-12,14H,5,13H2,1-4H3. The second-order valence-corrected chi connectivity index (χ2v) is 8.32. The molecule has 0 atom stereocenters. The lowest BCUT2D eigenvalue weighted by Crippen LogP contribution is -2.22. The lowest BCUT2D eigenvalue weighted by atomic mass is 10.1. The predicted molar refractivity (Wildman–Crippen MR) is 118 cm³/mol. The Kier molecular flexibility index (Phi) is 6.75. The number of benzene rings is 2. The normalized spacial score (nSPS) is 10.7. The number of rotatable bonds is 7. The lowest BCUT2D eigenvalue weighted by Gasteiger charge is -2.19. The zero-order valence-corrected chi connectivity index (χ0v) is 18.2. The van der Waals surface area contributed by atoms with Gasteiger partial charge in [-0.3, -0.25) is 9.69 Å². The molecule has 0 aliphatic carbocycles. The molecule has 0 unspecified atom stereocenters. The molecule has 4 nitrogen and oxygen atoms in total. The van der Waals surface area contributed by atoms with E-state index in [1.807, 2.05) is 42.6 Å². The second-order valence-electron chi connectivity index (χ2n) is 6.44. The van der Waals surface area contributed by atoms with Crippen LogP contribution in [0.5, 0.6) is 5.75 Å². The lowest BCUT2D eigenvalue weighted by molar-refractivity contribution is -0.115. The van der Waals surface area contributed by atoms with Gasteiger partial charge in [0.1, 0.15) is 5.75 Å². The van der Waals surface area contributed by atoms with E-state index in [1.165, 1.54) is 16.9 Å². The van der Waals surface area contributed by atoms with Crippen LogP contribution in [0.4, 0.5) is 10.8 Å². The van der Waals surface area contributed by atoms with Gasteiger partial charge in [-0.25, -0.2) is 4.98 Å². The van der Waals surface area contributed by atoms with Crippen LogP contribution in [0.15, 0.2) is 52.7 Å². The van der Waals surface area contributed by atoms with Crippen LogP contribution < -0.4 is 9.64 Å². The quantitative estimate of drug-likeness (QED) is 0.437. The molecule has 0 spiro atoms. The number of aryl methyl sites for hydroxylation is 2. The number of thiazole rings is 1. The van der Waals surface area contributed by atoms with E-state index in [0.717, 1.165) is 33.3 Å². The minimum absolute atomic E-state index is 0.0386. The summed E-state index contributed by atoms with van der Waals surface area (Å²) in [6.07, 6.45) is 0. The Hall–Kier alpha value is -2.31. The van der Waals surface area contributed by atoms with E-state index in [0.29, 0.717) is 11.7 Å². The summed E-state index contributed by atoms with van der Waals surface area (Å²) in [5.41, 5.74) is 4.19. The van der Waals surface area contributed by atoms with Gasteiger partial charge in [-0.05, 0) is 68.3 Å². The largest absolute Gasteiger partial charge is 0.494 e. The number of aromatic nitrogens is 1. The second kappa shape index (κ2) is 9.26. The molecular weight excluding hydrogens is 388 g/mol. The van der Waals surface area contributed by atoms with Crippen molar-refractivity contribution in [2.24, 2.45) is 0 Å². The molecule has 0 N–H and O–H groups in total. The van der Waals surface area contributed by atoms with Gasteiger partial charge in [0, 0.05) is 23.0 Å². The summed E-state index contributed by atoms with van der Waals surface area (Å²) in [5, 5.41) is 2.73. The van der Waals surface area contributed by atoms with Gasteiger partial charge < -0.3 is 4.74 Å². The average molecular weight is 413 g/mol. The Labute approximate surface area is 174 Å². The van der Waals surface area contributed by atoms with Gasteiger partial charge in [0.05, 0.1) is 18.0 Å². The molecule has 0 bridgehead atoms. The maximum Gasteiger partial charge on any atom is 0.230 e. The van der Waals surface area contributed by atoms with E-state index in [1.54, 1.807) is 23.6 Å². The minimum Gasteiger partial charge on any atom is -0.494 e. The molecule has 0 radical (unpaired) electrons. The highest BCUT2D eigenvalue weighted by Crippen LogP contribution is 2.32. The van der Waals surface area contributed by atoms with Crippen LogP contribution >= 0.6 is 23.1 Å². The fourth-order valence-corrected chi connectivity index (χ4v) is 4.50. The Morgan fingerprint density at radius 3 is 2.54 bits per heavy atom. The predicted octanol–water partition coefficient (Wildman–Crippen LogP) is 6.14. The van der Waals surface area contributed by atoms with Gasteiger partial charge in [0.2, 0.25) is 5.91 Å². The summed E-state index contributed by atoms with van der Waals surface area (Å²) in [7, 11) is 0. The fraction of sp³-hybridized carbons (Fsp3) is 0.273. The topological polar surface area (TPSA) is 42.4 Å². The monoisotopic (exact) mass is 412 g/mol. The minimum atomic E-state index is -0.0386. The third kappa shape index (κ3) is 4.94. The first-order valence-corrected chi connectivity index (χ1v) is 11.0. The van der Waals surface area contributed by atoms with Gasteiger partial charge in [-0.1, -0.05) is 6.07 Å². The van der Waals surface area contributed by atoms with Crippen molar-refractivity contribution in [3.05, 3.63) is 64.7 Å². The van der Waals surface area contributed by atoms with E-state index in [2.05, 4.69) is 26.0 Å². The maximum absolute atomic E-state index is 12.3. The molecule has 3 rings (SSSR count). The molecule has 0 saturated carbocycles. The highest BCUT2D eigenvalue weighted by atomic mass is 32.2. The van der Waals surface area contributed by atoms with Crippen molar-refractivity contribution in [2.75, 3.05) is 11.5 Å². The van der Waals surface area contributed by atoms with Crippen molar-refractivity contribution in [1.29, 1.82) is 0 Å². The molecule has 3 aromatic rings. The van der Waals surface area contributed by atoms with Crippen molar-refractivity contribution < 1.29 is 9.53 Å². The van der Waals surface area contributed by atoms with Gasteiger partial charge in [-0.2, -0.15) is 0 Å². The van der Waals surface area contributed by atoms with Gasteiger partial charge in [0.15, 0.2) is 5.13 Å². The van der Waals surface area contributed by atoms with Crippen molar-refractivity contribution in [1.82, 2.24) is 4.98 Å². The number of amides is 1. The SMILES string of the molecule is CCOc1ccc(SCc2csc(N(C(C)=O)c3ccc(C)c(C)c3)n2)cc1. The molecular formula is C22H24N2O2S2. The van der Waals surface area contributed by atoms with Crippen molar-refractivity contribution in [2.45, 2.75) is 38.3 Å². The fourth-order valence-electron chi connectivity index (χ4n) is 2.71. The van der Waals surface area contributed by atoms with E-state index in [4.69, 9.17) is 9.72 Å². The highest BCUT2D eigenvalue weighted by molar-refractivity contribution is 7.98. The summed E-state index contributed by atoms with van der Waals surface area (Å²) >= 11 is 3.21. The molecule has 0 aliphatic heterocycles. The smallest absolute Gasteiger partial charge is 0.230 e. The molecule has 0 aliphatic rings. The van der Waals surface area contributed by atoms with Crippen LogP contribution in [0.25, 0.3) is 0 Å². The number of anilines is 2. The van der Waals surface area contributed by atoms with E-state index in [9.17, 15) is 4.79 Å². The van der Waals surface area contributed by atoms with Gasteiger partial charge in [-0.15, -0.1) is 23.1 Å². The Bertz CT molecular complexity index is 951. The van der Waals surface area contributed by atoms with Crippen LogP contribution in [-0.4, -0.2) is 17.5 Å². The summed E-state index contributed by atoms with van der Waals surface area (Å²) in [6.45, 7) is 8.34. The third-order valence-electron chi connectivity index (χ3n) is 4.32. The number of thioether (sulfide) groups is 1. The Morgan fingerprint density at radius 2 is 1.89 bits per heavy atom. The van der Waals surface area contributed by atoms with Gasteiger partial charge in [0.25, 0.3) is 0 Å². The number of carbonyl (C=O) groups excluding carboxylic acids is 1. The first-order valence-electron chi connectivity index (χ1n) is 9.16. The number of nitrogens with zero attached hydrogens (tertiary/aromatic N) is 2. The van der Waals surface area contributed by atoms with Crippen LogP contribution in [0.1, 0.15) is 30.7 Å². The van der Waals surface area contributed by atoms with Crippen molar-refractivity contribution in [3.8, 4) is 5.75 Å². The molecule has 0 fully saturated rings. The summed E-state index contributed by atoms with van der Waals surface area (Å²) < 4.78 is 5.48. The van der Waals surface area contributed by atoms with Crippen LogP contribution in [0.2, 0.25) is 0 Å². The number of ether oxygens (including phenoxy) is 1. The zero-order valence-electron chi connectivity index (χ0n) is 16.6. The van der Waals surface area contributed by atoms with E-state index < -0.39 is 0 Å². The van der Waals surface area contributed by atoms with Gasteiger partial charge >= 0.3 is 0 Å². The van der Waals surface area contributed by atoms with E-state index in [-0.39, 0.29) is 5.91 Å². The molecule has 146 valence electrons. The number of hydrogen-bond donors (Lipinski definition) is 0. The molecule has 28 heavy (non-hydrogen) atoms. The zero-order chi connectivity index (χ0) is 20.1.